The van der Waals surface area contributed by atoms with E-state index in [0.29, 0.717) is 12.2 Å². The number of aryl methyl sites for hydroxylation is 1. The van der Waals surface area contributed by atoms with Gasteiger partial charge in [-0.3, -0.25) is 0 Å². The molecule has 4 heteroatoms. The largest absolute Gasteiger partial charge is 0.397 e. The number of aliphatic hydroxyl groups is 1. The van der Waals surface area contributed by atoms with Gasteiger partial charge in [-0.2, -0.15) is 0 Å². The average molecular weight is 209 g/mol. The van der Waals surface area contributed by atoms with E-state index in [4.69, 9.17) is 5.73 Å². The molecule has 0 spiro atoms. The van der Waals surface area contributed by atoms with Gasteiger partial charge in [0.2, 0.25) is 0 Å². The molecular formula is C11H19N3O. The fraction of sp³-hybridized carbons (Fsp3) is 0.545. The van der Waals surface area contributed by atoms with Crippen LogP contribution >= 0.6 is 0 Å². The quantitative estimate of drug-likeness (QED) is 0.688. The third-order valence-electron chi connectivity index (χ3n) is 2.23. The first kappa shape index (κ1) is 11.8. The fourth-order valence-electron chi connectivity index (χ4n) is 1.43. The summed E-state index contributed by atoms with van der Waals surface area (Å²) in [6.45, 7) is 4.53. The molecule has 0 aliphatic carbocycles. The van der Waals surface area contributed by atoms with Gasteiger partial charge in [0, 0.05) is 6.54 Å². The van der Waals surface area contributed by atoms with Crippen molar-refractivity contribution in [3.05, 3.63) is 17.8 Å². The number of aliphatic hydroxyl groups excluding tert-OH is 1. The average Bonchev–Trinajstić information content (AvgIpc) is 2.17. The van der Waals surface area contributed by atoms with E-state index in [1.54, 1.807) is 6.20 Å². The van der Waals surface area contributed by atoms with Crippen molar-refractivity contribution in [3.63, 3.8) is 0 Å². The van der Waals surface area contributed by atoms with Crippen LogP contribution in [0.25, 0.3) is 0 Å². The number of nitrogens with zero attached hydrogens (tertiary/aromatic N) is 1. The van der Waals surface area contributed by atoms with Crippen LogP contribution in [0.1, 0.15) is 25.3 Å². The molecule has 1 aromatic heterocycles. The van der Waals surface area contributed by atoms with Crippen molar-refractivity contribution in [2.45, 2.75) is 32.8 Å². The van der Waals surface area contributed by atoms with Gasteiger partial charge in [-0.05, 0) is 25.0 Å². The normalized spacial score (nSPS) is 12.5. The summed E-state index contributed by atoms with van der Waals surface area (Å²) in [4.78, 5) is 4.16. The molecule has 4 N–H and O–H groups in total. The Bertz CT molecular complexity index is 315. The highest BCUT2D eigenvalue weighted by Crippen LogP contribution is 2.13. The zero-order valence-corrected chi connectivity index (χ0v) is 9.33. The Hall–Kier alpha value is -1.29. The molecule has 0 fully saturated rings. The van der Waals surface area contributed by atoms with Crippen LogP contribution in [0.15, 0.2) is 12.3 Å². The van der Waals surface area contributed by atoms with E-state index < -0.39 is 0 Å². The monoisotopic (exact) mass is 209 g/mol. The lowest BCUT2D eigenvalue weighted by Gasteiger charge is -2.12. The van der Waals surface area contributed by atoms with Gasteiger partial charge in [-0.1, -0.05) is 13.3 Å². The maximum Gasteiger partial charge on any atom is 0.129 e. The molecule has 0 saturated heterocycles. The molecule has 84 valence electrons. The third-order valence-corrected chi connectivity index (χ3v) is 2.23. The van der Waals surface area contributed by atoms with Crippen LogP contribution in [0, 0.1) is 6.92 Å². The van der Waals surface area contributed by atoms with Crippen LogP contribution in [0.3, 0.4) is 0 Å². The van der Waals surface area contributed by atoms with Crippen molar-refractivity contribution in [3.8, 4) is 0 Å². The maximum atomic E-state index is 9.54. The van der Waals surface area contributed by atoms with Gasteiger partial charge in [0.15, 0.2) is 0 Å². The number of hydrogen-bond donors (Lipinski definition) is 3. The highest BCUT2D eigenvalue weighted by molar-refractivity contribution is 5.50. The number of pyridine rings is 1. The van der Waals surface area contributed by atoms with Crippen LogP contribution in [-0.4, -0.2) is 22.7 Å². The molecule has 0 saturated carbocycles. The summed E-state index contributed by atoms with van der Waals surface area (Å²) in [5.74, 6) is 0.791. The lowest BCUT2D eigenvalue weighted by atomic mass is 10.2. The van der Waals surface area contributed by atoms with Gasteiger partial charge >= 0.3 is 0 Å². The number of hydrogen-bond acceptors (Lipinski definition) is 4. The zero-order valence-electron chi connectivity index (χ0n) is 9.33. The van der Waals surface area contributed by atoms with Crippen molar-refractivity contribution >= 4 is 11.5 Å². The van der Waals surface area contributed by atoms with Crippen LogP contribution in [0.5, 0.6) is 0 Å². The van der Waals surface area contributed by atoms with Gasteiger partial charge in [0.05, 0.1) is 18.0 Å². The summed E-state index contributed by atoms with van der Waals surface area (Å²) >= 11 is 0. The lowest BCUT2D eigenvalue weighted by molar-refractivity contribution is 0.176. The minimum atomic E-state index is -0.311. The van der Waals surface area contributed by atoms with E-state index in [1.165, 1.54) is 0 Å². The highest BCUT2D eigenvalue weighted by Gasteiger charge is 2.04. The van der Waals surface area contributed by atoms with Crippen molar-refractivity contribution in [1.29, 1.82) is 0 Å². The molecule has 0 amide bonds. The summed E-state index contributed by atoms with van der Waals surface area (Å²) in [7, 11) is 0. The van der Waals surface area contributed by atoms with Gasteiger partial charge in [0.1, 0.15) is 5.82 Å². The van der Waals surface area contributed by atoms with Crippen molar-refractivity contribution in [1.82, 2.24) is 4.98 Å². The Morgan fingerprint density at radius 1 is 1.60 bits per heavy atom. The van der Waals surface area contributed by atoms with E-state index in [1.807, 2.05) is 13.0 Å². The second-order valence-electron chi connectivity index (χ2n) is 3.76. The third kappa shape index (κ3) is 3.75. The summed E-state index contributed by atoms with van der Waals surface area (Å²) in [6, 6.07) is 1.86. The number of nitrogen functional groups attached to an aromatic ring is 1. The van der Waals surface area contributed by atoms with Crippen LogP contribution in [0.4, 0.5) is 11.5 Å². The first-order valence-corrected chi connectivity index (χ1v) is 5.27. The molecule has 1 aromatic rings. The number of nitrogens with two attached hydrogens (primary N) is 1. The Kier molecular flexibility index (Phi) is 4.37. The molecule has 4 nitrogen and oxygen atoms in total. The summed E-state index contributed by atoms with van der Waals surface area (Å²) in [6.07, 6.45) is 3.09. The van der Waals surface area contributed by atoms with E-state index >= 15 is 0 Å². The fourth-order valence-corrected chi connectivity index (χ4v) is 1.43. The van der Waals surface area contributed by atoms with Gasteiger partial charge < -0.3 is 16.2 Å². The topological polar surface area (TPSA) is 71.2 Å². The molecule has 0 aromatic carbocycles. The number of anilines is 2. The molecule has 1 heterocycles. The zero-order chi connectivity index (χ0) is 11.3. The molecular weight excluding hydrogens is 190 g/mol. The van der Waals surface area contributed by atoms with Crippen LogP contribution in [0.2, 0.25) is 0 Å². The molecule has 0 aliphatic rings. The van der Waals surface area contributed by atoms with E-state index in [0.717, 1.165) is 24.2 Å². The minimum absolute atomic E-state index is 0.311. The van der Waals surface area contributed by atoms with Gasteiger partial charge in [0.25, 0.3) is 0 Å². The van der Waals surface area contributed by atoms with Gasteiger partial charge in [-0.15, -0.1) is 0 Å². The minimum Gasteiger partial charge on any atom is -0.397 e. The Morgan fingerprint density at radius 3 is 2.93 bits per heavy atom. The predicted molar refractivity (Wildman–Crippen MR) is 62.8 cm³/mol. The van der Waals surface area contributed by atoms with E-state index in [-0.39, 0.29) is 6.10 Å². The lowest BCUT2D eigenvalue weighted by Crippen LogP contribution is -2.20. The Balaban J connectivity index is 2.50. The van der Waals surface area contributed by atoms with Crippen molar-refractivity contribution in [2.75, 3.05) is 17.6 Å². The first-order chi connectivity index (χ1) is 7.13. The van der Waals surface area contributed by atoms with Crippen molar-refractivity contribution in [2.24, 2.45) is 0 Å². The van der Waals surface area contributed by atoms with E-state index in [2.05, 4.69) is 17.2 Å². The number of nitrogens with one attached hydrogen (secondary N) is 1. The second-order valence-corrected chi connectivity index (χ2v) is 3.76. The smallest absolute Gasteiger partial charge is 0.129 e. The molecule has 0 bridgehead atoms. The number of rotatable bonds is 5. The molecule has 0 radical (unpaired) electrons. The second kappa shape index (κ2) is 5.56. The van der Waals surface area contributed by atoms with E-state index in [9.17, 15) is 5.11 Å². The standard InChI is InChI=1S/C11H19N3O/c1-3-4-10(15)7-14-11-8(2)5-9(12)6-13-11/h5-6,10,15H,3-4,7,12H2,1-2H3,(H,13,14). The Labute approximate surface area is 90.5 Å². The summed E-state index contributed by atoms with van der Waals surface area (Å²) < 4.78 is 0. The molecule has 15 heavy (non-hydrogen) atoms. The van der Waals surface area contributed by atoms with Crippen LogP contribution in [-0.2, 0) is 0 Å². The summed E-state index contributed by atoms with van der Waals surface area (Å²) in [5.41, 5.74) is 7.25. The Morgan fingerprint density at radius 2 is 2.33 bits per heavy atom. The van der Waals surface area contributed by atoms with Crippen molar-refractivity contribution < 1.29 is 5.11 Å². The predicted octanol–water partition coefficient (Wildman–Crippen LogP) is 1.55. The molecule has 0 aliphatic heterocycles. The van der Waals surface area contributed by atoms with Gasteiger partial charge in [-0.25, -0.2) is 4.98 Å². The highest BCUT2D eigenvalue weighted by atomic mass is 16.3. The molecule has 1 rings (SSSR count). The number of aromatic nitrogens is 1. The van der Waals surface area contributed by atoms with Crippen LogP contribution < -0.4 is 11.1 Å². The summed E-state index contributed by atoms with van der Waals surface area (Å²) in [5, 5.41) is 12.6. The molecule has 1 atom stereocenters. The maximum absolute atomic E-state index is 9.54. The molecule has 1 unspecified atom stereocenters. The first-order valence-electron chi connectivity index (χ1n) is 5.27. The SMILES string of the molecule is CCCC(O)CNc1ncc(N)cc1C.